The number of nitrogens with zero attached hydrogens (tertiary/aromatic N) is 5. The van der Waals surface area contributed by atoms with Gasteiger partial charge < -0.3 is 20.1 Å². The number of para-hydroxylation sites is 1. The summed E-state index contributed by atoms with van der Waals surface area (Å²) < 4.78 is 21.2. The van der Waals surface area contributed by atoms with Crippen molar-refractivity contribution >= 4 is 60.8 Å². The fraction of sp³-hybridized carbons (Fsp3) is 0.281. The zero-order chi connectivity index (χ0) is 30.6. The zero-order valence-corrected chi connectivity index (χ0v) is 25.8. The number of halogens is 1. The second-order valence-electron chi connectivity index (χ2n) is 10.2. The van der Waals surface area contributed by atoms with Crippen molar-refractivity contribution in [2.24, 2.45) is 0 Å². The summed E-state index contributed by atoms with van der Waals surface area (Å²) in [6, 6.07) is 12.6. The average Bonchev–Trinajstić information content (AvgIpc) is 3.64. The van der Waals surface area contributed by atoms with Gasteiger partial charge in [-0.05, 0) is 62.9 Å². The van der Waals surface area contributed by atoms with E-state index in [1.807, 2.05) is 43.0 Å². The molecule has 0 amide bonds. The second-order valence-corrected chi connectivity index (χ2v) is 12.3. The molecule has 0 saturated heterocycles. The largest absolute Gasteiger partial charge is 0.491 e. The smallest absolute Gasteiger partial charge is 0.355 e. The number of aryl methyl sites for hydroxylation is 1. The Morgan fingerprint density at radius 3 is 2.84 bits per heavy atom. The second kappa shape index (κ2) is 13.0. The molecule has 2 aromatic carbocycles. The predicted molar refractivity (Wildman–Crippen MR) is 171 cm³/mol. The van der Waals surface area contributed by atoms with Gasteiger partial charge in [0.25, 0.3) is 0 Å². The lowest BCUT2D eigenvalue weighted by Crippen LogP contribution is -2.27. The summed E-state index contributed by atoms with van der Waals surface area (Å²) in [5, 5.41) is 23.6. The van der Waals surface area contributed by atoms with Crippen LogP contribution >= 0.6 is 22.7 Å². The summed E-state index contributed by atoms with van der Waals surface area (Å²) in [4.78, 5) is 23.8. The maximum absolute atomic E-state index is 14.4. The van der Waals surface area contributed by atoms with E-state index in [9.17, 15) is 14.3 Å². The minimum atomic E-state index is -1.09. The highest BCUT2D eigenvalue weighted by Crippen LogP contribution is 2.39. The summed E-state index contributed by atoms with van der Waals surface area (Å²) in [5.74, 6) is 5.73. The third-order valence-electron chi connectivity index (χ3n) is 7.17. The van der Waals surface area contributed by atoms with E-state index in [1.54, 1.807) is 23.5 Å². The van der Waals surface area contributed by atoms with Crippen LogP contribution in [0.3, 0.4) is 0 Å². The minimum Gasteiger partial charge on any atom is -0.491 e. The van der Waals surface area contributed by atoms with Gasteiger partial charge in [-0.1, -0.05) is 42.2 Å². The topological polar surface area (TPSA) is 113 Å². The first-order valence-corrected chi connectivity index (χ1v) is 15.9. The van der Waals surface area contributed by atoms with Crippen molar-refractivity contribution < 1.29 is 19.0 Å². The molecule has 0 bridgehead atoms. The van der Waals surface area contributed by atoms with Crippen molar-refractivity contribution in [3.05, 3.63) is 75.5 Å². The van der Waals surface area contributed by atoms with Crippen LogP contribution in [0.25, 0.3) is 10.2 Å². The summed E-state index contributed by atoms with van der Waals surface area (Å²) in [6.07, 6.45) is 3.30. The van der Waals surface area contributed by atoms with Crippen LogP contribution in [-0.2, 0) is 12.8 Å². The standard InChI is InChI=1S/C32H29FN6O3S2/c1-3-4-9-20-14-15-24(22(33)18-20)42-17-8-13-26-27(30(40)41)35-32(44-26)39-16-7-10-21-19(2)28(37-38-29(21)39)36-31-34-23-11-5-6-12-25(23)43-31/h5-6,11-12,14-15,18H,3,7-8,10,13,16-17H2,1-2H3,(H,40,41)(H,34,36,37). The maximum atomic E-state index is 14.4. The Morgan fingerprint density at radius 2 is 2.05 bits per heavy atom. The SMILES string of the molecule is CCC#Cc1ccc(OCCCc2sc(N3CCCc4c3nnc(Nc3nc5ccccc5s3)c4C)nc2C(=O)O)c(F)c1. The lowest BCUT2D eigenvalue weighted by Gasteiger charge is -2.28. The van der Waals surface area contributed by atoms with Crippen LogP contribution in [0, 0.1) is 24.6 Å². The number of aromatic nitrogens is 4. The number of carbonyl (C=O) groups is 1. The molecule has 0 fully saturated rings. The summed E-state index contributed by atoms with van der Waals surface area (Å²) >= 11 is 2.89. The monoisotopic (exact) mass is 628 g/mol. The van der Waals surface area contributed by atoms with Gasteiger partial charge in [-0.15, -0.1) is 21.5 Å². The third-order valence-corrected chi connectivity index (χ3v) is 9.26. The summed E-state index contributed by atoms with van der Waals surface area (Å²) in [7, 11) is 0. The van der Waals surface area contributed by atoms with Gasteiger partial charge in [0.05, 0.1) is 16.8 Å². The number of hydrogen-bond acceptors (Lipinski definition) is 10. The van der Waals surface area contributed by atoms with E-state index in [0.29, 0.717) is 53.0 Å². The van der Waals surface area contributed by atoms with Gasteiger partial charge in [-0.25, -0.2) is 19.2 Å². The van der Waals surface area contributed by atoms with Crippen LogP contribution in [0.2, 0.25) is 0 Å². The molecule has 224 valence electrons. The van der Waals surface area contributed by atoms with Crippen molar-refractivity contribution in [3.8, 4) is 17.6 Å². The number of hydrogen-bond donors (Lipinski definition) is 2. The van der Waals surface area contributed by atoms with Crippen molar-refractivity contribution in [1.82, 2.24) is 20.2 Å². The van der Waals surface area contributed by atoms with Crippen LogP contribution in [0.5, 0.6) is 5.75 Å². The fourth-order valence-corrected chi connectivity index (χ4v) is 6.99. The number of nitrogens with one attached hydrogen (secondary N) is 1. The molecule has 0 atom stereocenters. The van der Waals surface area contributed by atoms with E-state index >= 15 is 0 Å². The van der Waals surface area contributed by atoms with Crippen LogP contribution < -0.4 is 15.0 Å². The van der Waals surface area contributed by atoms with Gasteiger partial charge in [0, 0.05) is 34.5 Å². The Hall–Kier alpha value is -4.60. The number of thiazole rings is 2. The molecule has 2 N–H and O–H groups in total. The number of aromatic carboxylic acids is 1. The molecule has 6 rings (SSSR count). The first kappa shape index (κ1) is 29.5. The van der Waals surface area contributed by atoms with Crippen LogP contribution in [-0.4, -0.2) is 44.4 Å². The van der Waals surface area contributed by atoms with Gasteiger partial charge in [-0.2, -0.15) is 0 Å². The van der Waals surface area contributed by atoms with Gasteiger partial charge in [0.15, 0.2) is 39.2 Å². The number of fused-ring (bicyclic) bond motifs is 2. The van der Waals surface area contributed by atoms with Crippen LogP contribution in [0.1, 0.15) is 58.2 Å². The summed E-state index contributed by atoms with van der Waals surface area (Å²) in [6.45, 7) is 4.82. The first-order chi connectivity index (χ1) is 21.4. The molecule has 0 unspecified atom stereocenters. The average molecular weight is 629 g/mol. The van der Waals surface area contributed by atoms with Crippen molar-refractivity contribution in [2.75, 3.05) is 23.4 Å². The van der Waals surface area contributed by atoms with E-state index in [0.717, 1.165) is 39.3 Å². The minimum absolute atomic E-state index is 0.0148. The van der Waals surface area contributed by atoms with E-state index in [-0.39, 0.29) is 18.1 Å². The molecular formula is C32H29FN6O3S2. The molecule has 4 heterocycles. The Morgan fingerprint density at radius 1 is 1.18 bits per heavy atom. The highest BCUT2D eigenvalue weighted by atomic mass is 32.1. The normalized spacial score (nSPS) is 12.5. The van der Waals surface area contributed by atoms with Crippen molar-refractivity contribution in [1.29, 1.82) is 0 Å². The molecule has 12 heteroatoms. The lowest BCUT2D eigenvalue weighted by atomic mass is 10.0. The molecule has 0 spiro atoms. The van der Waals surface area contributed by atoms with Crippen molar-refractivity contribution in [3.63, 3.8) is 0 Å². The van der Waals surface area contributed by atoms with Gasteiger partial charge >= 0.3 is 5.97 Å². The molecule has 0 saturated carbocycles. The number of carboxylic acid groups (broad SMARTS) is 1. The van der Waals surface area contributed by atoms with Crippen LogP contribution in [0.4, 0.5) is 26.3 Å². The molecule has 5 aromatic rings. The van der Waals surface area contributed by atoms with E-state index in [1.165, 1.54) is 17.4 Å². The third kappa shape index (κ3) is 6.20. The van der Waals surface area contributed by atoms with E-state index < -0.39 is 11.8 Å². The van der Waals surface area contributed by atoms with Crippen molar-refractivity contribution in [2.45, 2.75) is 46.0 Å². The molecule has 1 aliphatic heterocycles. The molecule has 0 radical (unpaired) electrons. The van der Waals surface area contributed by atoms with Gasteiger partial charge in [0.2, 0.25) is 0 Å². The molecule has 1 aliphatic rings. The molecule has 3 aromatic heterocycles. The number of anilines is 4. The van der Waals surface area contributed by atoms with Gasteiger partial charge in [-0.3, -0.25) is 0 Å². The van der Waals surface area contributed by atoms with E-state index in [4.69, 9.17) is 4.74 Å². The first-order valence-electron chi connectivity index (χ1n) is 14.3. The molecular weight excluding hydrogens is 600 g/mol. The van der Waals surface area contributed by atoms with Gasteiger partial charge in [0.1, 0.15) is 0 Å². The highest BCUT2D eigenvalue weighted by molar-refractivity contribution is 7.22. The maximum Gasteiger partial charge on any atom is 0.355 e. The lowest BCUT2D eigenvalue weighted by molar-refractivity contribution is 0.0690. The highest BCUT2D eigenvalue weighted by Gasteiger charge is 2.28. The fourth-order valence-electron chi connectivity index (χ4n) is 5.00. The number of benzene rings is 2. The number of ether oxygens (including phenoxy) is 1. The quantitative estimate of drug-likeness (QED) is 0.128. The van der Waals surface area contributed by atoms with Crippen LogP contribution in [0.15, 0.2) is 42.5 Å². The molecule has 9 nitrogen and oxygen atoms in total. The number of rotatable bonds is 9. The Balaban J connectivity index is 1.16. The Kier molecular flexibility index (Phi) is 8.67. The Bertz CT molecular complexity index is 1880. The molecule has 44 heavy (non-hydrogen) atoms. The Labute approximate surface area is 261 Å². The van der Waals surface area contributed by atoms with E-state index in [2.05, 4.69) is 37.3 Å². The predicted octanol–water partition coefficient (Wildman–Crippen LogP) is 7.29. The summed E-state index contributed by atoms with van der Waals surface area (Å²) in [5.41, 5.74) is 3.56. The zero-order valence-electron chi connectivity index (χ0n) is 24.2. The molecule has 0 aliphatic carbocycles. The number of carboxylic acids is 1.